The van der Waals surface area contributed by atoms with Crippen LogP contribution >= 0.6 is 11.3 Å². The lowest BCUT2D eigenvalue weighted by molar-refractivity contribution is -0.136. The molecule has 3 aromatic heterocycles. The maximum Gasteiger partial charge on any atom is 0.309 e. The van der Waals surface area contributed by atoms with E-state index in [1.54, 1.807) is 32.5 Å². The predicted octanol–water partition coefficient (Wildman–Crippen LogP) is 2.72. The molecule has 3 aromatic rings. The maximum absolute atomic E-state index is 12.9. The van der Waals surface area contributed by atoms with E-state index in [0.29, 0.717) is 17.9 Å². The molecule has 3 rings (SSSR count). The van der Waals surface area contributed by atoms with Crippen molar-refractivity contribution in [2.75, 3.05) is 33.1 Å². The maximum atomic E-state index is 12.9. The van der Waals surface area contributed by atoms with Gasteiger partial charge in [0.05, 0.1) is 29.8 Å². The molecule has 0 unspecified atom stereocenters. The second-order valence-electron chi connectivity index (χ2n) is 7.77. The molecule has 2 amide bonds. The van der Waals surface area contributed by atoms with E-state index in [4.69, 9.17) is 19.3 Å². The van der Waals surface area contributed by atoms with Crippen LogP contribution in [-0.2, 0) is 16.0 Å². The van der Waals surface area contributed by atoms with E-state index in [9.17, 15) is 14.4 Å². The Morgan fingerprint density at radius 2 is 1.86 bits per heavy atom. The Morgan fingerprint density at radius 1 is 1.11 bits per heavy atom. The Labute approximate surface area is 210 Å². The molecule has 2 N–H and O–H groups in total. The molecular formula is C23H25N5O7S. The summed E-state index contributed by atoms with van der Waals surface area (Å²) in [5.74, 6) is -1.44. The lowest BCUT2D eigenvalue weighted by atomic mass is 10.2. The number of aliphatic carboxylic acids is 1. The van der Waals surface area contributed by atoms with Crippen LogP contribution in [0.4, 0.5) is 5.13 Å². The Balaban J connectivity index is 1.83. The predicted molar refractivity (Wildman–Crippen MR) is 130 cm³/mol. The molecule has 0 radical (unpaired) electrons. The molecular weight excluding hydrogens is 490 g/mol. The molecule has 0 spiro atoms. The van der Waals surface area contributed by atoms with E-state index in [-0.39, 0.29) is 46.8 Å². The van der Waals surface area contributed by atoms with E-state index in [1.807, 2.05) is 0 Å². The fourth-order valence-corrected chi connectivity index (χ4v) is 3.61. The summed E-state index contributed by atoms with van der Waals surface area (Å²) in [6.45, 7) is 2.07. The summed E-state index contributed by atoms with van der Waals surface area (Å²) in [5, 5.41) is 13.3. The number of rotatable bonds is 11. The molecule has 13 heteroatoms. The highest BCUT2D eigenvalue weighted by molar-refractivity contribution is 7.14. The van der Waals surface area contributed by atoms with Crippen LogP contribution in [0.25, 0.3) is 0 Å². The number of methoxy groups -OCH3 is 1. The first kappa shape index (κ1) is 26.5. The number of carboxylic acid groups (broad SMARTS) is 1. The third-order valence-corrected chi connectivity index (χ3v) is 5.27. The topological polar surface area (TPSA) is 153 Å². The van der Waals surface area contributed by atoms with Crippen molar-refractivity contribution in [2.45, 2.75) is 19.4 Å². The second-order valence-corrected chi connectivity index (χ2v) is 8.63. The second kappa shape index (κ2) is 12.0. The quantitative estimate of drug-likeness (QED) is 0.390. The summed E-state index contributed by atoms with van der Waals surface area (Å²) < 4.78 is 16.6. The molecule has 0 aliphatic carbocycles. The fourth-order valence-electron chi connectivity index (χ4n) is 2.90. The molecule has 0 saturated heterocycles. The van der Waals surface area contributed by atoms with Crippen molar-refractivity contribution in [3.8, 4) is 17.6 Å². The van der Waals surface area contributed by atoms with Gasteiger partial charge in [-0.1, -0.05) is 0 Å². The minimum Gasteiger partial charge on any atom is -0.481 e. The number of anilines is 1. The van der Waals surface area contributed by atoms with Crippen molar-refractivity contribution in [3.63, 3.8) is 0 Å². The van der Waals surface area contributed by atoms with Gasteiger partial charge in [0.1, 0.15) is 6.10 Å². The van der Waals surface area contributed by atoms with E-state index in [0.717, 1.165) is 11.3 Å². The van der Waals surface area contributed by atoms with Crippen LogP contribution in [0.2, 0.25) is 0 Å². The van der Waals surface area contributed by atoms with E-state index in [2.05, 4.69) is 20.3 Å². The molecule has 12 nitrogen and oxygen atoms in total. The molecule has 0 aliphatic heterocycles. The number of carboxylic acids is 1. The van der Waals surface area contributed by atoms with Gasteiger partial charge < -0.3 is 24.2 Å². The summed E-state index contributed by atoms with van der Waals surface area (Å²) in [4.78, 5) is 49.8. The third-order valence-electron chi connectivity index (χ3n) is 4.47. The van der Waals surface area contributed by atoms with Crippen LogP contribution in [0.5, 0.6) is 17.6 Å². The van der Waals surface area contributed by atoms with Crippen molar-refractivity contribution in [3.05, 3.63) is 52.7 Å². The minimum atomic E-state index is -1.02. The van der Waals surface area contributed by atoms with Gasteiger partial charge in [-0.3, -0.25) is 19.7 Å². The summed E-state index contributed by atoms with van der Waals surface area (Å²) in [6.07, 6.45) is 0.769. The zero-order chi connectivity index (χ0) is 26.2. The number of ether oxygens (including phenoxy) is 3. The van der Waals surface area contributed by atoms with Gasteiger partial charge in [-0.05, 0) is 13.0 Å². The minimum absolute atomic E-state index is 0.0344. The standard InChI is InChI=1S/C23H25N5O7S/c1-13(11-33-4)34-18-7-15(21(31)27-23-25-16(12-36-23)9-20(29)30)8-19(26-18)35-17-6-5-14(10-24-17)22(32)28(2)3/h5-8,10,12-13H,9,11H2,1-4H3,(H,29,30)(H,25,27,31)/t13-/m1/s1. The van der Waals surface area contributed by atoms with Gasteiger partial charge in [0.25, 0.3) is 11.8 Å². The van der Waals surface area contributed by atoms with Crippen molar-refractivity contribution in [2.24, 2.45) is 0 Å². The van der Waals surface area contributed by atoms with Gasteiger partial charge in [-0.25, -0.2) is 9.97 Å². The Morgan fingerprint density at radius 3 is 2.50 bits per heavy atom. The van der Waals surface area contributed by atoms with E-state index >= 15 is 0 Å². The van der Waals surface area contributed by atoms with Crippen molar-refractivity contribution < 1.29 is 33.7 Å². The lowest BCUT2D eigenvalue weighted by Crippen LogP contribution is -2.21. The smallest absolute Gasteiger partial charge is 0.309 e. The highest BCUT2D eigenvalue weighted by atomic mass is 32.1. The zero-order valence-corrected chi connectivity index (χ0v) is 20.9. The Hall–Kier alpha value is -4.10. The monoisotopic (exact) mass is 515 g/mol. The largest absolute Gasteiger partial charge is 0.481 e. The van der Waals surface area contributed by atoms with Gasteiger partial charge in [-0.15, -0.1) is 11.3 Å². The number of nitrogens with one attached hydrogen (secondary N) is 1. The molecule has 0 aromatic carbocycles. The van der Waals surface area contributed by atoms with Crippen LogP contribution in [0.3, 0.4) is 0 Å². The average Bonchev–Trinajstić information content (AvgIpc) is 3.24. The fraction of sp³-hybridized carbons (Fsp3) is 0.304. The molecule has 0 aliphatic rings. The first-order valence-electron chi connectivity index (χ1n) is 10.7. The number of hydrogen-bond donors (Lipinski definition) is 2. The summed E-state index contributed by atoms with van der Waals surface area (Å²) in [5.41, 5.74) is 0.881. The third kappa shape index (κ3) is 7.45. The van der Waals surface area contributed by atoms with Gasteiger partial charge in [-0.2, -0.15) is 4.98 Å². The first-order valence-corrected chi connectivity index (χ1v) is 11.5. The van der Waals surface area contributed by atoms with Gasteiger partial charge in [0, 0.05) is 51.0 Å². The van der Waals surface area contributed by atoms with Gasteiger partial charge >= 0.3 is 5.97 Å². The molecule has 0 fully saturated rings. The summed E-state index contributed by atoms with van der Waals surface area (Å²) in [7, 11) is 4.81. The molecule has 0 bridgehead atoms. The number of amides is 2. The lowest BCUT2D eigenvalue weighted by Gasteiger charge is -2.15. The Kier molecular flexibility index (Phi) is 8.86. The zero-order valence-electron chi connectivity index (χ0n) is 20.0. The number of nitrogens with zero attached hydrogens (tertiary/aromatic N) is 4. The van der Waals surface area contributed by atoms with E-state index in [1.165, 1.54) is 36.4 Å². The first-order chi connectivity index (χ1) is 17.1. The molecule has 1 atom stereocenters. The number of carbonyl (C=O) groups is 3. The SMILES string of the molecule is COC[C@@H](C)Oc1cc(C(=O)Nc2nc(CC(=O)O)cs2)cc(Oc2ccc(C(=O)N(C)C)cn2)n1. The molecule has 3 heterocycles. The van der Waals surface area contributed by atoms with Gasteiger partial charge in [0.2, 0.25) is 17.6 Å². The number of aromatic nitrogens is 3. The summed E-state index contributed by atoms with van der Waals surface area (Å²) in [6, 6.07) is 5.91. The molecule has 190 valence electrons. The number of hydrogen-bond acceptors (Lipinski definition) is 10. The Bertz CT molecular complexity index is 1230. The van der Waals surface area contributed by atoms with Crippen LogP contribution in [-0.4, -0.2) is 76.7 Å². The van der Waals surface area contributed by atoms with Crippen LogP contribution in [0.1, 0.15) is 33.3 Å². The molecule has 36 heavy (non-hydrogen) atoms. The van der Waals surface area contributed by atoms with Crippen molar-refractivity contribution >= 4 is 34.3 Å². The normalized spacial score (nSPS) is 11.4. The summed E-state index contributed by atoms with van der Waals surface area (Å²) >= 11 is 1.11. The number of pyridine rings is 2. The highest BCUT2D eigenvalue weighted by Gasteiger charge is 2.17. The van der Waals surface area contributed by atoms with Crippen LogP contribution in [0.15, 0.2) is 35.8 Å². The molecule has 0 saturated carbocycles. The van der Waals surface area contributed by atoms with E-state index < -0.39 is 11.9 Å². The average molecular weight is 516 g/mol. The number of carbonyl (C=O) groups excluding carboxylic acids is 2. The van der Waals surface area contributed by atoms with Gasteiger partial charge in [0.15, 0.2) is 5.13 Å². The van der Waals surface area contributed by atoms with Crippen molar-refractivity contribution in [1.82, 2.24) is 19.9 Å². The number of thiazole rings is 1. The van der Waals surface area contributed by atoms with Crippen LogP contribution < -0.4 is 14.8 Å². The van der Waals surface area contributed by atoms with Crippen LogP contribution in [0, 0.1) is 0 Å². The highest BCUT2D eigenvalue weighted by Crippen LogP contribution is 2.25. The van der Waals surface area contributed by atoms with Crippen molar-refractivity contribution in [1.29, 1.82) is 0 Å².